The van der Waals surface area contributed by atoms with Gasteiger partial charge in [0, 0.05) is 30.1 Å². The van der Waals surface area contributed by atoms with E-state index in [1.54, 1.807) is 11.3 Å². The molecule has 1 aliphatic heterocycles. The van der Waals surface area contributed by atoms with Crippen molar-refractivity contribution in [3.63, 3.8) is 0 Å². The SMILES string of the molecule is C[C@H](N[C@H]1CCc2sc(Cl)cc21)[C@H]1CN(C)CCO1. The normalized spacial score (nSPS) is 29.4. The monoisotopic (exact) mass is 300 g/mol. The molecule has 106 valence electrons. The van der Waals surface area contributed by atoms with Crippen LogP contribution in [0.15, 0.2) is 6.07 Å². The second kappa shape index (κ2) is 5.70. The van der Waals surface area contributed by atoms with Crippen molar-refractivity contribution in [1.29, 1.82) is 0 Å². The van der Waals surface area contributed by atoms with E-state index in [1.165, 1.54) is 16.9 Å². The molecular weight excluding hydrogens is 280 g/mol. The third-order valence-electron chi connectivity index (χ3n) is 4.17. The van der Waals surface area contributed by atoms with Crippen LogP contribution >= 0.6 is 22.9 Å². The average Bonchev–Trinajstić information content (AvgIpc) is 2.90. The lowest BCUT2D eigenvalue weighted by Gasteiger charge is -2.35. The van der Waals surface area contributed by atoms with E-state index in [9.17, 15) is 0 Å². The summed E-state index contributed by atoms with van der Waals surface area (Å²) in [4.78, 5) is 3.80. The minimum absolute atomic E-state index is 0.289. The first-order valence-electron chi connectivity index (χ1n) is 6.98. The lowest BCUT2D eigenvalue weighted by atomic mass is 10.1. The van der Waals surface area contributed by atoms with Crippen molar-refractivity contribution in [3.05, 3.63) is 20.8 Å². The topological polar surface area (TPSA) is 24.5 Å². The number of nitrogens with zero attached hydrogens (tertiary/aromatic N) is 1. The van der Waals surface area contributed by atoms with E-state index in [0.29, 0.717) is 12.1 Å². The standard InChI is InChI=1S/C14H21ClN2OS/c1-9(12-8-17(2)5-6-18-12)16-11-3-4-13-10(11)7-14(15)19-13/h7,9,11-12,16H,3-6,8H2,1-2H3/t9-,11-,12+/m0/s1. The summed E-state index contributed by atoms with van der Waals surface area (Å²) < 4.78 is 6.80. The molecule has 0 spiro atoms. The van der Waals surface area contributed by atoms with E-state index in [2.05, 4.69) is 30.3 Å². The van der Waals surface area contributed by atoms with Crippen molar-refractivity contribution in [1.82, 2.24) is 10.2 Å². The number of halogens is 1. The lowest BCUT2D eigenvalue weighted by Crippen LogP contribution is -2.50. The van der Waals surface area contributed by atoms with Gasteiger partial charge in [0.15, 0.2) is 0 Å². The highest BCUT2D eigenvalue weighted by Crippen LogP contribution is 2.39. The van der Waals surface area contributed by atoms with Crippen LogP contribution in [0.25, 0.3) is 0 Å². The summed E-state index contributed by atoms with van der Waals surface area (Å²) in [5.74, 6) is 0. The highest BCUT2D eigenvalue weighted by atomic mass is 35.5. The Labute approximate surface area is 123 Å². The first-order valence-corrected chi connectivity index (χ1v) is 8.17. The Balaban J connectivity index is 1.62. The predicted octanol–water partition coefficient (Wildman–Crippen LogP) is 2.70. The van der Waals surface area contributed by atoms with E-state index in [4.69, 9.17) is 16.3 Å². The van der Waals surface area contributed by atoms with Crippen LogP contribution in [0.4, 0.5) is 0 Å². The number of ether oxygens (including phenoxy) is 1. The molecule has 1 N–H and O–H groups in total. The third kappa shape index (κ3) is 2.98. The van der Waals surface area contributed by atoms with Crippen molar-refractivity contribution in [2.45, 2.75) is 38.0 Å². The second-order valence-corrected chi connectivity index (χ2v) is 7.42. The molecule has 2 heterocycles. The summed E-state index contributed by atoms with van der Waals surface area (Å²) in [6.07, 6.45) is 2.63. The molecule has 1 aromatic heterocycles. The largest absolute Gasteiger partial charge is 0.374 e. The van der Waals surface area contributed by atoms with Gasteiger partial charge in [-0.2, -0.15) is 0 Å². The van der Waals surface area contributed by atoms with Crippen LogP contribution in [0, 0.1) is 0 Å². The van der Waals surface area contributed by atoms with E-state index >= 15 is 0 Å². The molecule has 0 amide bonds. The molecular formula is C14H21ClN2OS. The molecule has 0 unspecified atom stereocenters. The van der Waals surface area contributed by atoms with Crippen molar-refractivity contribution < 1.29 is 4.74 Å². The van der Waals surface area contributed by atoms with Crippen LogP contribution in [-0.4, -0.2) is 43.8 Å². The average molecular weight is 301 g/mol. The fraction of sp³-hybridized carbons (Fsp3) is 0.714. The van der Waals surface area contributed by atoms with E-state index in [1.807, 2.05) is 0 Å². The molecule has 3 nitrogen and oxygen atoms in total. The molecule has 0 radical (unpaired) electrons. The van der Waals surface area contributed by atoms with Crippen molar-refractivity contribution in [2.24, 2.45) is 0 Å². The zero-order valence-electron chi connectivity index (χ0n) is 11.5. The van der Waals surface area contributed by atoms with E-state index in [-0.39, 0.29) is 6.10 Å². The maximum atomic E-state index is 6.11. The quantitative estimate of drug-likeness (QED) is 0.929. The van der Waals surface area contributed by atoms with Crippen molar-refractivity contribution in [3.8, 4) is 0 Å². The van der Waals surface area contributed by atoms with Crippen LogP contribution in [0.3, 0.4) is 0 Å². The van der Waals surface area contributed by atoms with Crippen LogP contribution in [0.2, 0.25) is 4.34 Å². The number of morpholine rings is 1. The van der Waals surface area contributed by atoms with Crippen LogP contribution < -0.4 is 5.32 Å². The molecule has 1 aliphatic carbocycles. The van der Waals surface area contributed by atoms with Gasteiger partial charge in [-0.3, -0.25) is 0 Å². The molecule has 0 aromatic carbocycles. The van der Waals surface area contributed by atoms with E-state index < -0.39 is 0 Å². The molecule has 0 bridgehead atoms. The van der Waals surface area contributed by atoms with Crippen LogP contribution in [0.5, 0.6) is 0 Å². The Morgan fingerprint density at radius 1 is 1.58 bits per heavy atom. The van der Waals surface area contributed by atoms with E-state index in [0.717, 1.165) is 30.5 Å². The Bertz CT molecular complexity index is 451. The molecule has 1 fully saturated rings. The summed E-state index contributed by atoms with van der Waals surface area (Å²) in [7, 11) is 2.16. The van der Waals surface area contributed by atoms with Gasteiger partial charge in [0.2, 0.25) is 0 Å². The number of hydrogen-bond acceptors (Lipinski definition) is 4. The maximum absolute atomic E-state index is 6.11. The van der Waals surface area contributed by atoms with Gasteiger partial charge >= 0.3 is 0 Å². The maximum Gasteiger partial charge on any atom is 0.0934 e. The first-order chi connectivity index (χ1) is 9.13. The number of rotatable bonds is 3. The zero-order chi connectivity index (χ0) is 13.4. The van der Waals surface area contributed by atoms with Gasteiger partial charge in [0.25, 0.3) is 0 Å². The van der Waals surface area contributed by atoms with Gasteiger partial charge in [0.1, 0.15) is 0 Å². The summed E-state index contributed by atoms with van der Waals surface area (Å²) >= 11 is 7.84. The minimum atomic E-state index is 0.289. The summed E-state index contributed by atoms with van der Waals surface area (Å²) in [6, 6.07) is 2.95. The second-order valence-electron chi connectivity index (χ2n) is 5.65. The van der Waals surface area contributed by atoms with Crippen LogP contribution in [-0.2, 0) is 11.2 Å². The highest BCUT2D eigenvalue weighted by Gasteiger charge is 2.30. The fourth-order valence-corrected chi connectivity index (χ4v) is 4.40. The molecule has 19 heavy (non-hydrogen) atoms. The Morgan fingerprint density at radius 3 is 3.21 bits per heavy atom. The Morgan fingerprint density at radius 2 is 2.42 bits per heavy atom. The highest BCUT2D eigenvalue weighted by molar-refractivity contribution is 7.16. The molecule has 0 saturated carbocycles. The summed E-state index contributed by atoms with van der Waals surface area (Å²) in [6.45, 7) is 5.12. The Kier molecular flexibility index (Phi) is 4.15. The molecule has 5 heteroatoms. The first kappa shape index (κ1) is 13.8. The lowest BCUT2D eigenvalue weighted by molar-refractivity contribution is -0.0371. The fourth-order valence-electron chi connectivity index (χ4n) is 3.04. The van der Waals surface area contributed by atoms with Gasteiger partial charge < -0.3 is 15.0 Å². The smallest absolute Gasteiger partial charge is 0.0934 e. The molecule has 3 atom stereocenters. The van der Waals surface area contributed by atoms with Gasteiger partial charge in [-0.15, -0.1) is 11.3 Å². The van der Waals surface area contributed by atoms with Gasteiger partial charge in [-0.1, -0.05) is 11.6 Å². The van der Waals surface area contributed by atoms with Gasteiger partial charge in [-0.05, 0) is 38.4 Å². The number of likely N-dealkylation sites (N-methyl/N-ethyl adjacent to an activating group) is 1. The Hall–Kier alpha value is -0.130. The minimum Gasteiger partial charge on any atom is -0.374 e. The van der Waals surface area contributed by atoms with Gasteiger partial charge in [0.05, 0.1) is 17.0 Å². The number of nitrogens with one attached hydrogen (secondary N) is 1. The molecule has 3 rings (SSSR count). The van der Waals surface area contributed by atoms with Crippen LogP contribution in [0.1, 0.15) is 29.8 Å². The number of thiophene rings is 1. The number of fused-ring (bicyclic) bond motifs is 1. The molecule has 2 aliphatic rings. The summed E-state index contributed by atoms with van der Waals surface area (Å²) in [5, 5.41) is 3.73. The van der Waals surface area contributed by atoms with Gasteiger partial charge in [-0.25, -0.2) is 0 Å². The van der Waals surface area contributed by atoms with Crippen molar-refractivity contribution >= 4 is 22.9 Å². The van der Waals surface area contributed by atoms with Crippen molar-refractivity contribution in [2.75, 3.05) is 26.7 Å². The summed E-state index contributed by atoms with van der Waals surface area (Å²) in [5.41, 5.74) is 1.41. The number of hydrogen-bond donors (Lipinski definition) is 1. The predicted molar refractivity (Wildman–Crippen MR) is 80.2 cm³/mol. The molecule has 1 saturated heterocycles. The zero-order valence-corrected chi connectivity index (χ0v) is 13.1. The number of aryl methyl sites for hydroxylation is 1. The third-order valence-corrected chi connectivity index (χ3v) is 5.51. The molecule has 1 aromatic rings.